The Morgan fingerprint density at radius 2 is 1.22 bits per heavy atom. The van der Waals surface area contributed by atoms with E-state index in [-0.39, 0.29) is 45.1 Å². The highest BCUT2D eigenvalue weighted by molar-refractivity contribution is 6.05. The number of anilines is 3. The summed E-state index contributed by atoms with van der Waals surface area (Å²) in [6.07, 6.45) is 0. The van der Waals surface area contributed by atoms with Crippen LogP contribution < -0.4 is 65.6 Å². The third kappa shape index (κ3) is 2.23. The molecule has 0 heterocycles. The van der Waals surface area contributed by atoms with Crippen LogP contribution in [0.15, 0.2) is 10.9 Å². The molecule has 0 amide bonds. The van der Waals surface area contributed by atoms with Crippen LogP contribution in [0.25, 0.3) is 10.8 Å². The molecule has 0 unspecified atom stereocenters. The van der Waals surface area contributed by atoms with E-state index < -0.39 is 11.2 Å². The second-order valence-electron chi connectivity index (χ2n) is 4.33. The van der Waals surface area contributed by atoms with Crippen molar-refractivity contribution in [3.8, 4) is 23.0 Å². The van der Waals surface area contributed by atoms with Crippen LogP contribution >= 0.6 is 0 Å². The van der Waals surface area contributed by atoms with Crippen molar-refractivity contribution >= 4 is 27.8 Å². The summed E-state index contributed by atoms with van der Waals surface area (Å²) in [5.74, 6) is 19.3. The van der Waals surface area contributed by atoms with Crippen molar-refractivity contribution in [2.75, 3.05) is 17.2 Å². The molecule has 0 aromatic heterocycles. The molecule has 0 bridgehead atoms. The third-order valence-corrected chi connectivity index (χ3v) is 3.20. The van der Waals surface area contributed by atoms with Crippen LogP contribution in [-0.4, -0.2) is 0 Å². The topological polar surface area (TPSA) is 236 Å². The van der Waals surface area contributed by atoms with Gasteiger partial charge < -0.3 is 36.6 Å². The average molecular weight is 325 g/mol. The number of hydrogen-bond acceptors (Lipinski definition) is 12. The number of benzene rings is 1. The molecule has 23 heavy (non-hydrogen) atoms. The first kappa shape index (κ1) is 16.2. The number of nitrogen functional groups attached to an aromatic ring is 3. The lowest BCUT2D eigenvalue weighted by atomic mass is 10.1. The second-order valence-corrected chi connectivity index (χ2v) is 4.33. The van der Waals surface area contributed by atoms with Crippen LogP contribution in [-0.2, 0) is 0 Å². The van der Waals surface area contributed by atoms with Crippen LogP contribution in [0, 0.1) is 0 Å². The Balaban J connectivity index is 3.26. The van der Waals surface area contributed by atoms with Gasteiger partial charge in [0.05, 0.1) is 16.8 Å². The second kappa shape index (κ2) is 5.90. The van der Waals surface area contributed by atoms with Gasteiger partial charge in [0.2, 0.25) is 28.4 Å². The standard InChI is InChI=1S/C11H15N7O5/c12-3-1-2-4(7(19)9(21-16)6(3)14)8(20-15)11(23-18)10(22-17)5(2)13/h1H,12-18H2. The molecular formula is C11H15N7O5. The van der Waals surface area contributed by atoms with E-state index in [0.717, 1.165) is 0 Å². The minimum Gasteiger partial charge on any atom is -0.406 e. The van der Waals surface area contributed by atoms with Gasteiger partial charge >= 0.3 is 0 Å². The summed E-state index contributed by atoms with van der Waals surface area (Å²) in [5, 5.41) is -0.140. The highest BCUT2D eigenvalue weighted by Crippen LogP contribution is 2.47. The summed E-state index contributed by atoms with van der Waals surface area (Å²) in [6.45, 7) is 0. The molecule has 14 N–H and O–H groups in total. The Morgan fingerprint density at radius 3 is 1.70 bits per heavy atom. The molecule has 124 valence electrons. The summed E-state index contributed by atoms with van der Waals surface area (Å²) in [5.41, 5.74) is 16.2. The Morgan fingerprint density at radius 1 is 0.696 bits per heavy atom. The van der Waals surface area contributed by atoms with Crippen molar-refractivity contribution < 1.29 is 19.4 Å². The quantitative estimate of drug-likeness (QED) is 0.237. The molecule has 0 spiro atoms. The third-order valence-electron chi connectivity index (χ3n) is 3.20. The lowest BCUT2D eigenvalue weighted by molar-refractivity contribution is 0.256. The van der Waals surface area contributed by atoms with E-state index in [1.165, 1.54) is 6.07 Å². The van der Waals surface area contributed by atoms with Gasteiger partial charge in [-0.05, 0) is 6.07 Å². The first-order valence-corrected chi connectivity index (χ1v) is 5.91. The molecule has 2 aromatic rings. The number of rotatable bonds is 4. The number of nitrogens with two attached hydrogens (primary N) is 7. The van der Waals surface area contributed by atoms with Gasteiger partial charge in [-0.1, -0.05) is 0 Å². The van der Waals surface area contributed by atoms with Gasteiger partial charge in [0.25, 0.3) is 0 Å². The Kier molecular flexibility index (Phi) is 4.15. The maximum absolute atomic E-state index is 12.6. The van der Waals surface area contributed by atoms with Gasteiger partial charge in [0.15, 0.2) is 0 Å². The van der Waals surface area contributed by atoms with Crippen LogP contribution in [0.5, 0.6) is 23.0 Å². The molecule has 0 aliphatic rings. The minimum atomic E-state index is -0.814. The molecule has 0 saturated heterocycles. The number of fused-ring (bicyclic) bond motifs is 1. The van der Waals surface area contributed by atoms with E-state index in [1.54, 1.807) is 0 Å². The monoisotopic (exact) mass is 325 g/mol. The van der Waals surface area contributed by atoms with Crippen LogP contribution in [0.1, 0.15) is 0 Å². The zero-order valence-electron chi connectivity index (χ0n) is 11.7. The molecule has 12 nitrogen and oxygen atoms in total. The molecule has 2 rings (SSSR count). The zero-order valence-corrected chi connectivity index (χ0v) is 11.7. The largest absolute Gasteiger partial charge is 0.406 e. The predicted octanol–water partition coefficient (Wildman–Crippen LogP) is -2.04. The predicted molar refractivity (Wildman–Crippen MR) is 82.7 cm³/mol. The summed E-state index contributed by atoms with van der Waals surface area (Å²) in [6, 6.07) is 1.27. The van der Waals surface area contributed by atoms with Crippen LogP contribution in [0.2, 0.25) is 0 Å². The maximum Gasteiger partial charge on any atom is 0.238 e. The fourth-order valence-electron chi connectivity index (χ4n) is 2.15. The van der Waals surface area contributed by atoms with E-state index in [1.807, 2.05) is 0 Å². The summed E-state index contributed by atoms with van der Waals surface area (Å²) in [4.78, 5) is 31.0. The van der Waals surface area contributed by atoms with Crippen LogP contribution in [0.3, 0.4) is 0 Å². The first-order valence-electron chi connectivity index (χ1n) is 5.91. The maximum atomic E-state index is 12.6. The number of hydrogen-bond donors (Lipinski definition) is 7. The van der Waals surface area contributed by atoms with E-state index >= 15 is 0 Å². The normalized spacial score (nSPS) is 10.4. The molecule has 0 atom stereocenters. The highest BCUT2D eigenvalue weighted by atomic mass is 16.7. The van der Waals surface area contributed by atoms with E-state index in [4.69, 9.17) is 40.8 Å². The summed E-state index contributed by atoms with van der Waals surface area (Å²) >= 11 is 0. The van der Waals surface area contributed by atoms with Crippen molar-refractivity contribution in [2.45, 2.75) is 0 Å². The zero-order chi connectivity index (χ0) is 17.3. The molecular weight excluding hydrogens is 310 g/mol. The van der Waals surface area contributed by atoms with E-state index in [2.05, 4.69) is 19.4 Å². The van der Waals surface area contributed by atoms with E-state index in [0.29, 0.717) is 0 Å². The molecule has 0 saturated carbocycles. The molecule has 0 aliphatic heterocycles. The smallest absolute Gasteiger partial charge is 0.238 e. The summed E-state index contributed by atoms with van der Waals surface area (Å²) < 4.78 is 0. The minimum absolute atomic E-state index is 0.0448. The van der Waals surface area contributed by atoms with Crippen molar-refractivity contribution in [1.29, 1.82) is 0 Å². The molecule has 0 fully saturated rings. The highest BCUT2D eigenvalue weighted by Gasteiger charge is 2.26. The van der Waals surface area contributed by atoms with Gasteiger partial charge in [-0.15, -0.1) is 0 Å². The fourth-order valence-corrected chi connectivity index (χ4v) is 2.15. The first-order chi connectivity index (χ1) is 10.9. The SMILES string of the molecule is NOc1c(ON)c(ON)c2c(=O)c(ON)c(N)c(N)cc2c1N. The Bertz CT molecular complexity index is 842. The van der Waals surface area contributed by atoms with Crippen molar-refractivity contribution in [2.24, 2.45) is 23.6 Å². The average Bonchev–Trinajstić information content (AvgIpc) is 2.63. The fraction of sp³-hybridized carbons (Fsp3) is 0. The molecule has 0 aliphatic carbocycles. The Labute approximate surface area is 128 Å². The van der Waals surface area contributed by atoms with Gasteiger partial charge in [0, 0.05) is 5.39 Å². The lowest BCUT2D eigenvalue weighted by Gasteiger charge is -2.14. The molecule has 2 aromatic carbocycles. The van der Waals surface area contributed by atoms with Crippen molar-refractivity contribution in [1.82, 2.24) is 0 Å². The summed E-state index contributed by atoms with van der Waals surface area (Å²) in [7, 11) is 0. The Hall–Kier alpha value is -3.19. The molecule has 12 heteroatoms. The van der Waals surface area contributed by atoms with Gasteiger partial charge in [-0.3, -0.25) is 4.79 Å². The lowest BCUT2D eigenvalue weighted by Crippen LogP contribution is -2.17. The van der Waals surface area contributed by atoms with Gasteiger partial charge in [0.1, 0.15) is 5.69 Å². The van der Waals surface area contributed by atoms with E-state index in [9.17, 15) is 4.79 Å². The van der Waals surface area contributed by atoms with Gasteiger partial charge in [-0.2, -0.15) is 23.6 Å². The van der Waals surface area contributed by atoms with Crippen molar-refractivity contribution in [3.05, 3.63) is 16.3 Å². The van der Waals surface area contributed by atoms with Crippen LogP contribution in [0.4, 0.5) is 17.1 Å². The molecule has 0 radical (unpaired) electrons. The van der Waals surface area contributed by atoms with Crippen molar-refractivity contribution in [3.63, 3.8) is 0 Å². The van der Waals surface area contributed by atoms with Gasteiger partial charge in [-0.25, -0.2) is 0 Å².